The largest absolute Gasteiger partial charge is 0.228 e. The van der Waals surface area contributed by atoms with Gasteiger partial charge in [0.05, 0.1) is 22.8 Å². The molecule has 0 spiro atoms. The van der Waals surface area contributed by atoms with Gasteiger partial charge in [0.25, 0.3) is 0 Å². The fourth-order valence-corrected chi connectivity index (χ4v) is 27.4. The predicted octanol–water partition coefficient (Wildman–Crippen LogP) is 38.5. The smallest absolute Gasteiger partial charge is 0.160 e. The maximum absolute atomic E-state index is 5.66. The number of nitrogens with zero attached hydrogens (tertiary/aromatic N) is 4. The molecule has 0 fully saturated rings. The molecule has 0 saturated heterocycles. The molecular formula is C128H76N4S6. The highest BCUT2D eigenvalue weighted by Gasteiger charge is 2.29. The van der Waals surface area contributed by atoms with E-state index in [2.05, 4.69) is 461 Å². The van der Waals surface area contributed by atoms with Crippen LogP contribution in [0.3, 0.4) is 0 Å². The number of aromatic nitrogens is 4. The Morgan fingerprint density at radius 1 is 0.123 bits per heavy atom. The molecule has 0 radical (unpaired) electrons. The molecule has 0 saturated carbocycles. The molecule has 0 bridgehead atoms. The molecule has 28 rings (SSSR count). The highest BCUT2D eigenvalue weighted by atomic mass is 32.1. The lowest BCUT2D eigenvalue weighted by Crippen LogP contribution is -2.00. The molecule has 8 aromatic heterocycles. The van der Waals surface area contributed by atoms with Gasteiger partial charge in [-0.15, -0.1) is 68.0 Å². The van der Waals surface area contributed by atoms with E-state index >= 15 is 0 Å². The molecule has 0 aliphatic rings. The Bertz CT molecular complexity index is 9440. The van der Waals surface area contributed by atoms with Crippen LogP contribution in [0.5, 0.6) is 0 Å². The molecule has 0 atom stereocenters. The SMILES string of the molecule is c1ccc(-c2ccc(-c3cc(-c4c(-c5ccc6sc7ccccc7c6c5)cc(-c5ccc6sc7ccccc7c6c5)cc4-c4ccc5sc6ccccc6c5c4)nc(-c4ccccc4)n3)cc2)cc1.c1ccc(-c2ccc(-c3cc(-c4c(-c5cccc6c5sc5ccccc56)cc(-c5cccc6c5sc5ccccc56)cc4-c4cccc5c4sc4ccccc45)nc(-c4ccccc4)n3)cc2)cc1. The van der Waals surface area contributed by atoms with Gasteiger partial charge >= 0.3 is 0 Å². The van der Waals surface area contributed by atoms with Gasteiger partial charge in [-0.3, -0.25) is 0 Å². The summed E-state index contributed by atoms with van der Waals surface area (Å²) in [7, 11) is 0. The molecule has 20 aromatic carbocycles. The van der Waals surface area contributed by atoms with Gasteiger partial charge in [-0.25, -0.2) is 19.9 Å². The number of hydrogen-bond acceptors (Lipinski definition) is 10. The van der Waals surface area contributed by atoms with Crippen molar-refractivity contribution in [2.24, 2.45) is 0 Å². The second kappa shape index (κ2) is 34.0. The fraction of sp³-hybridized carbons (Fsp3) is 0. The zero-order valence-corrected chi connectivity index (χ0v) is 79.0. The van der Waals surface area contributed by atoms with Crippen molar-refractivity contribution in [3.05, 3.63) is 461 Å². The Kier molecular flexibility index (Phi) is 20.1. The Hall–Kier alpha value is -16.1. The van der Waals surface area contributed by atoms with Crippen molar-refractivity contribution in [2.45, 2.75) is 0 Å². The summed E-state index contributed by atoms with van der Waals surface area (Å²) in [6.07, 6.45) is 0. The number of rotatable bonds is 14. The van der Waals surface area contributed by atoms with Gasteiger partial charge in [0.2, 0.25) is 0 Å². The molecule has 644 valence electrons. The van der Waals surface area contributed by atoms with Crippen LogP contribution in [0, 0.1) is 0 Å². The summed E-state index contributed by atoms with van der Waals surface area (Å²) in [5.41, 5.74) is 28.2. The summed E-state index contributed by atoms with van der Waals surface area (Å²) in [6.45, 7) is 0. The van der Waals surface area contributed by atoms with Crippen LogP contribution in [0.2, 0.25) is 0 Å². The van der Waals surface area contributed by atoms with E-state index in [1.807, 2.05) is 68.0 Å². The van der Waals surface area contributed by atoms with E-state index in [-0.39, 0.29) is 0 Å². The van der Waals surface area contributed by atoms with Crippen LogP contribution < -0.4 is 0 Å². The number of thiophene rings is 6. The Morgan fingerprint density at radius 2 is 0.377 bits per heavy atom. The van der Waals surface area contributed by atoms with Gasteiger partial charge in [0.15, 0.2) is 11.6 Å². The standard InChI is InChI=1S/2C64H38N2S3/c1-3-16-39(17-4-1)40-32-34-41(35-33-40)55-38-56(66-64(65-55)42-18-5-2-6-19-42)60-53(51-27-14-25-49-46-21-8-11-30-58(46)68-62(49)51)36-43(44-23-13-24-48-45-20-7-10-29-57(45)67-61(44)48)37-54(60)52-28-15-26-50-47-22-9-12-31-59(47)69-63(50)52;1-3-13-39(14-4-1)40-23-25-41(26-24-40)55-38-56(66-64(65-55)42-15-5-2-6-16-42)63-50(44-28-31-61-53(34-44)48-18-8-11-21-58(48)68-61)36-46(43-27-30-60-52(33-43)47-17-7-10-20-57(47)67-60)37-51(63)45-29-32-62-54(35-45)49-19-9-12-22-59(49)69-62/h2*1-38H. The number of fused-ring (bicyclic) bond motifs is 18. The molecule has 10 heteroatoms. The lowest BCUT2D eigenvalue weighted by atomic mass is 9.85. The van der Waals surface area contributed by atoms with Crippen LogP contribution in [0.25, 0.3) is 278 Å². The Morgan fingerprint density at radius 3 is 0.754 bits per heavy atom. The summed E-state index contributed by atoms with van der Waals surface area (Å²) in [4.78, 5) is 22.0. The van der Waals surface area contributed by atoms with Crippen molar-refractivity contribution in [3.8, 4) is 157 Å². The first-order valence-corrected chi connectivity index (χ1v) is 51.3. The summed E-state index contributed by atoms with van der Waals surface area (Å²) in [6, 6.07) is 168. The fourth-order valence-electron chi connectivity index (χ4n) is 20.4. The molecular weight excluding hydrogens is 1790 g/mol. The van der Waals surface area contributed by atoms with Gasteiger partial charge in [-0.05, 0) is 187 Å². The van der Waals surface area contributed by atoms with Crippen molar-refractivity contribution >= 4 is 189 Å². The van der Waals surface area contributed by atoms with E-state index in [4.69, 9.17) is 19.9 Å². The normalized spacial score (nSPS) is 11.8. The Balaban J connectivity index is 0.000000139. The summed E-state index contributed by atoms with van der Waals surface area (Å²) < 4.78 is 15.4. The molecule has 138 heavy (non-hydrogen) atoms. The first-order valence-electron chi connectivity index (χ1n) is 46.4. The first-order chi connectivity index (χ1) is 68.3. The van der Waals surface area contributed by atoms with Crippen LogP contribution in [0.15, 0.2) is 461 Å². The number of hydrogen-bond donors (Lipinski definition) is 0. The van der Waals surface area contributed by atoms with Crippen molar-refractivity contribution in [1.82, 2.24) is 19.9 Å². The second-order valence-electron chi connectivity index (χ2n) is 35.2. The van der Waals surface area contributed by atoms with E-state index < -0.39 is 0 Å². The van der Waals surface area contributed by atoms with Gasteiger partial charge in [0, 0.05) is 166 Å². The molecule has 0 amide bonds. The summed E-state index contributed by atoms with van der Waals surface area (Å²) >= 11 is 11.2. The first kappa shape index (κ1) is 81.4. The van der Waals surface area contributed by atoms with Crippen molar-refractivity contribution in [1.29, 1.82) is 0 Å². The van der Waals surface area contributed by atoms with E-state index in [0.717, 1.165) is 95.1 Å². The van der Waals surface area contributed by atoms with Gasteiger partial charge < -0.3 is 0 Å². The van der Waals surface area contributed by atoms with Crippen molar-refractivity contribution in [2.75, 3.05) is 0 Å². The monoisotopic (exact) mass is 1860 g/mol. The van der Waals surface area contributed by atoms with Crippen LogP contribution in [0.4, 0.5) is 0 Å². The molecule has 0 unspecified atom stereocenters. The van der Waals surface area contributed by atoms with E-state index in [1.165, 1.54) is 171 Å². The quantitative estimate of drug-likeness (QED) is 0.109. The third kappa shape index (κ3) is 14.4. The molecule has 8 heterocycles. The topological polar surface area (TPSA) is 51.6 Å². The van der Waals surface area contributed by atoms with Gasteiger partial charge in [-0.1, -0.05) is 352 Å². The van der Waals surface area contributed by atoms with Gasteiger partial charge in [0.1, 0.15) is 0 Å². The zero-order chi connectivity index (χ0) is 90.8. The Labute approximate surface area is 819 Å². The van der Waals surface area contributed by atoms with Crippen LogP contribution in [0.1, 0.15) is 0 Å². The maximum atomic E-state index is 5.66. The van der Waals surface area contributed by atoms with Gasteiger partial charge in [-0.2, -0.15) is 0 Å². The van der Waals surface area contributed by atoms with Crippen LogP contribution >= 0.6 is 68.0 Å². The minimum atomic E-state index is 0.685. The van der Waals surface area contributed by atoms with E-state index in [0.29, 0.717) is 11.6 Å². The average Bonchev–Trinajstić information content (AvgIpc) is 1.46. The third-order valence-electron chi connectivity index (χ3n) is 27.1. The third-order valence-corrected chi connectivity index (χ3v) is 34.2. The minimum absolute atomic E-state index is 0.685. The lowest BCUT2D eigenvalue weighted by molar-refractivity contribution is 1.18. The molecule has 0 aliphatic carbocycles. The molecule has 28 aromatic rings. The van der Waals surface area contributed by atoms with E-state index in [9.17, 15) is 0 Å². The summed E-state index contributed by atoms with van der Waals surface area (Å²) in [5.74, 6) is 1.37. The van der Waals surface area contributed by atoms with Crippen molar-refractivity contribution < 1.29 is 0 Å². The van der Waals surface area contributed by atoms with E-state index in [1.54, 1.807) is 0 Å². The zero-order valence-electron chi connectivity index (χ0n) is 74.1. The average molecular weight is 1860 g/mol. The second-order valence-corrected chi connectivity index (χ2v) is 41.6. The highest BCUT2D eigenvalue weighted by molar-refractivity contribution is 7.28. The lowest BCUT2D eigenvalue weighted by Gasteiger charge is -2.20. The van der Waals surface area contributed by atoms with Crippen LogP contribution in [-0.2, 0) is 0 Å². The number of benzene rings is 20. The summed E-state index contributed by atoms with van der Waals surface area (Å²) in [5, 5.41) is 15.3. The highest BCUT2D eigenvalue weighted by Crippen LogP contribution is 2.55. The van der Waals surface area contributed by atoms with Crippen molar-refractivity contribution in [3.63, 3.8) is 0 Å². The molecule has 0 aliphatic heterocycles. The molecule has 4 nitrogen and oxygen atoms in total. The molecule has 0 N–H and O–H groups in total. The predicted molar refractivity (Wildman–Crippen MR) is 598 cm³/mol. The maximum Gasteiger partial charge on any atom is 0.160 e. The minimum Gasteiger partial charge on any atom is -0.228 e. The van der Waals surface area contributed by atoms with Crippen LogP contribution in [-0.4, -0.2) is 19.9 Å².